The highest BCUT2D eigenvalue weighted by molar-refractivity contribution is 6.30. The van der Waals surface area contributed by atoms with Crippen LogP contribution in [0.1, 0.15) is 37.7 Å². The monoisotopic (exact) mass is 365 g/mol. The van der Waals surface area contributed by atoms with E-state index in [2.05, 4.69) is 22.3 Å². The van der Waals surface area contributed by atoms with Crippen molar-refractivity contribution in [3.05, 3.63) is 41.1 Å². The van der Waals surface area contributed by atoms with E-state index in [1.165, 1.54) is 44.1 Å². The number of carbonyl (C=O) groups is 1. The average molecular weight is 366 g/mol. The smallest absolute Gasteiger partial charge is 0.225 e. The minimum absolute atomic E-state index is 0.122. The van der Waals surface area contributed by atoms with Gasteiger partial charge in [-0.25, -0.2) is 0 Å². The van der Waals surface area contributed by atoms with Gasteiger partial charge in [-0.3, -0.25) is 9.69 Å². The van der Waals surface area contributed by atoms with Crippen molar-refractivity contribution >= 4 is 17.5 Å². The number of hydrogen-bond acceptors (Lipinski definition) is 4. The molecule has 0 aromatic heterocycles. The van der Waals surface area contributed by atoms with Crippen LogP contribution in [0.25, 0.3) is 0 Å². The number of amides is 1. The van der Waals surface area contributed by atoms with Crippen LogP contribution in [0.4, 0.5) is 0 Å². The summed E-state index contributed by atoms with van der Waals surface area (Å²) in [5.74, 6) is 0.755. The molecular weight excluding hydrogens is 338 g/mol. The predicted molar refractivity (Wildman–Crippen MR) is 101 cm³/mol. The number of hydrogen-bond donors (Lipinski definition) is 2. The minimum atomic E-state index is -0.129. The molecule has 0 atom stereocenters. The van der Waals surface area contributed by atoms with Gasteiger partial charge in [-0.1, -0.05) is 30.2 Å². The molecule has 3 N–H and O–H groups in total. The van der Waals surface area contributed by atoms with E-state index in [9.17, 15) is 4.79 Å². The first kappa shape index (κ1) is 19.6. The van der Waals surface area contributed by atoms with Gasteiger partial charge in [0.1, 0.15) is 5.75 Å². The van der Waals surface area contributed by atoms with Gasteiger partial charge < -0.3 is 15.8 Å². The maximum absolute atomic E-state index is 11.5. The van der Waals surface area contributed by atoms with Crippen molar-refractivity contribution in [2.45, 2.75) is 38.6 Å². The molecule has 0 aliphatic carbocycles. The highest BCUT2D eigenvalue weighted by Gasteiger charge is 2.10. The molecule has 6 heteroatoms. The topological polar surface area (TPSA) is 67.6 Å². The number of ether oxygens (including phenoxy) is 1. The van der Waals surface area contributed by atoms with Crippen molar-refractivity contribution in [1.29, 1.82) is 0 Å². The van der Waals surface area contributed by atoms with E-state index < -0.39 is 0 Å². The Bertz CT molecular complexity index is 572. The third-order valence-electron chi connectivity index (χ3n) is 4.18. The summed E-state index contributed by atoms with van der Waals surface area (Å²) in [5, 5.41) is 3.14. The molecular formula is C19H28ClN3O2. The summed E-state index contributed by atoms with van der Waals surface area (Å²) in [5.41, 5.74) is 6.52. The van der Waals surface area contributed by atoms with Crippen molar-refractivity contribution < 1.29 is 9.53 Å². The number of halogens is 1. The molecule has 1 aliphatic heterocycles. The Morgan fingerprint density at radius 3 is 2.88 bits per heavy atom. The van der Waals surface area contributed by atoms with Gasteiger partial charge in [-0.2, -0.15) is 0 Å². The molecule has 1 amide bonds. The highest BCUT2D eigenvalue weighted by Crippen LogP contribution is 2.17. The molecule has 138 valence electrons. The van der Waals surface area contributed by atoms with E-state index in [1.54, 1.807) is 0 Å². The predicted octanol–water partition coefficient (Wildman–Crippen LogP) is 2.99. The summed E-state index contributed by atoms with van der Waals surface area (Å²) >= 11 is 5.71. The highest BCUT2D eigenvalue weighted by atomic mass is 35.5. The number of nitrogens with zero attached hydrogens (tertiary/aromatic N) is 1. The van der Waals surface area contributed by atoms with Crippen LogP contribution in [0.5, 0.6) is 5.75 Å². The molecule has 5 nitrogen and oxygen atoms in total. The molecule has 1 aliphatic rings. The van der Waals surface area contributed by atoms with Crippen LogP contribution in [0.15, 0.2) is 35.5 Å². The lowest BCUT2D eigenvalue weighted by Crippen LogP contribution is -2.29. The number of carbonyl (C=O) groups excluding carboxylic acids is 1. The largest absolute Gasteiger partial charge is 0.494 e. The fourth-order valence-corrected chi connectivity index (χ4v) is 3.00. The number of piperidine rings is 1. The van der Waals surface area contributed by atoms with E-state index in [1.807, 2.05) is 12.1 Å². The van der Waals surface area contributed by atoms with E-state index >= 15 is 0 Å². The van der Waals surface area contributed by atoms with E-state index in [0.717, 1.165) is 18.7 Å². The van der Waals surface area contributed by atoms with Gasteiger partial charge in [0, 0.05) is 24.3 Å². The van der Waals surface area contributed by atoms with Crippen molar-refractivity contribution in [3.63, 3.8) is 0 Å². The van der Waals surface area contributed by atoms with Crippen LogP contribution in [0, 0.1) is 0 Å². The molecule has 2 rings (SSSR count). The SMILES string of the molecule is NC=C(Cl)CC(=O)NCCCOc1cccc(CN2CCCCC2)c1. The second-order valence-corrected chi connectivity index (χ2v) is 6.81. The fraction of sp³-hybridized carbons (Fsp3) is 0.526. The van der Waals surface area contributed by atoms with Crippen LogP contribution >= 0.6 is 11.6 Å². The zero-order valence-electron chi connectivity index (χ0n) is 14.7. The van der Waals surface area contributed by atoms with Crippen molar-refractivity contribution in [2.75, 3.05) is 26.2 Å². The van der Waals surface area contributed by atoms with Crippen molar-refractivity contribution in [3.8, 4) is 5.75 Å². The first-order valence-corrected chi connectivity index (χ1v) is 9.32. The molecule has 0 saturated carbocycles. The number of benzene rings is 1. The Morgan fingerprint density at radius 1 is 1.32 bits per heavy atom. The lowest BCUT2D eigenvalue weighted by Gasteiger charge is -2.26. The number of nitrogens with one attached hydrogen (secondary N) is 1. The zero-order chi connectivity index (χ0) is 17.9. The van der Waals surface area contributed by atoms with Gasteiger partial charge in [0.15, 0.2) is 0 Å². The summed E-state index contributed by atoms with van der Waals surface area (Å²) in [4.78, 5) is 14.0. The van der Waals surface area contributed by atoms with E-state index in [0.29, 0.717) is 18.2 Å². The summed E-state index contributed by atoms with van der Waals surface area (Å²) in [6.07, 6.45) is 6.05. The lowest BCUT2D eigenvalue weighted by atomic mass is 10.1. The van der Waals surface area contributed by atoms with Crippen molar-refractivity contribution in [2.24, 2.45) is 5.73 Å². The normalized spacial score (nSPS) is 15.8. The molecule has 1 heterocycles. The second kappa shape index (κ2) is 11.0. The van der Waals surface area contributed by atoms with Crippen molar-refractivity contribution in [1.82, 2.24) is 10.2 Å². The first-order chi connectivity index (χ1) is 12.2. The van der Waals surface area contributed by atoms with Gasteiger partial charge in [0.2, 0.25) is 5.91 Å². The molecule has 0 bridgehead atoms. The zero-order valence-corrected chi connectivity index (χ0v) is 15.4. The van der Waals surface area contributed by atoms with Crippen LogP contribution in [-0.2, 0) is 11.3 Å². The molecule has 25 heavy (non-hydrogen) atoms. The number of nitrogens with two attached hydrogens (primary N) is 1. The maximum Gasteiger partial charge on any atom is 0.225 e. The van der Waals surface area contributed by atoms with Crippen LogP contribution < -0.4 is 15.8 Å². The Kier molecular flexibility index (Phi) is 8.63. The Morgan fingerprint density at radius 2 is 2.12 bits per heavy atom. The van der Waals surface area contributed by atoms with Crippen LogP contribution in [0.3, 0.4) is 0 Å². The first-order valence-electron chi connectivity index (χ1n) is 8.94. The quantitative estimate of drug-likeness (QED) is 0.660. The van der Waals surface area contributed by atoms with Gasteiger partial charge in [0.05, 0.1) is 13.0 Å². The van der Waals surface area contributed by atoms with Gasteiger partial charge in [-0.05, 0) is 50.0 Å². The summed E-state index contributed by atoms with van der Waals surface area (Å²) < 4.78 is 5.79. The van der Waals surface area contributed by atoms with Gasteiger partial charge in [-0.15, -0.1) is 0 Å². The molecule has 0 spiro atoms. The number of likely N-dealkylation sites (tertiary alicyclic amines) is 1. The Balaban J connectivity index is 1.65. The standard InChI is InChI=1S/C19H28ClN3O2/c20-17(14-21)13-19(24)22-8-5-11-25-18-7-4-6-16(12-18)15-23-9-2-1-3-10-23/h4,6-7,12,14H,1-3,5,8-11,13,15,21H2,(H,22,24). The summed E-state index contributed by atoms with van der Waals surface area (Å²) in [6.45, 7) is 4.49. The summed E-state index contributed by atoms with van der Waals surface area (Å²) in [6, 6.07) is 8.27. The van der Waals surface area contributed by atoms with E-state index in [-0.39, 0.29) is 12.3 Å². The summed E-state index contributed by atoms with van der Waals surface area (Å²) in [7, 11) is 0. The number of rotatable bonds is 9. The van der Waals surface area contributed by atoms with Crippen LogP contribution in [-0.4, -0.2) is 37.0 Å². The Labute approximate surface area is 155 Å². The molecule has 0 unspecified atom stereocenters. The average Bonchev–Trinajstić information content (AvgIpc) is 2.62. The Hall–Kier alpha value is -1.72. The maximum atomic E-state index is 11.5. The van der Waals surface area contributed by atoms with Gasteiger partial charge >= 0.3 is 0 Å². The second-order valence-electron chi connectivity index (χ2n) is 6.33. The third-order valence-corrected chi connectivity index (χ3v) is 4.44. The molecule has 0 radical (unpaired) electrons. The van der Waals surface area contributed by atoms with Gasteiger partial charge in [0.25, 0.3) is 0 Å². The molecule has 1 fully saturated rings. The fourth-order valence-electron chi connectivity index (χ4n) is 2.87. The molecule has 1 aromatic rings. The lowest BCUT2D eigenvalue weighted by molar-refractivity contribution is -0.120. The molecule has 1 aromatic carbocycles. The van der Waals surface area contributed by atoms with E-state index in [4.69, 9.17) is 22.1 Å². The minimum Gasteiger partial charge on any atom is -0.494 e. The third kappa shape index (κ3) is 7.80. The van der Waals surface area contributed by atoms with Crippen LogP contribution in [0.2, 0.25) is 0 Å². The molecule has 1 saturated heterocycles.